The quantitative estimate of drug-likeness (QED) is 0.823. The van der Waals surface area contributed by atoms with Crippen molar-refractivity contribution < 1.29 is 14.3 Å². The molecule has 0 aliphatic carbocycles. The lowest BCUT2D eigenvalue weighted by Crippen LogP contribution is -2.33. The van der Waals surface area contributed by atoms with Gasteiger partial charge in [-0.2, -0.15) is 0 Å². The van der Waals surface area contributed by atoms with E-state index in [1.54, 1.807) is 6.07 Å². The molecular weight excluding hydrogens is 242 g/mol. The maximum Gasteiger partial charge on any atom is 0.251 e. The maximum atomic E-state index is 12.3. The molecule has 1 unspecified atom stereocenters. The van der Waals surface area contributed by atoms with Gasteiger partial charge in [0.1, 0.15) is 6.10 Å². The molecule has 0 spiro atoms. The highest BCUT2D eigenvalue weighted by molar-refractivity contribution is 6.03. The van der Waals surface area contributed by atoms with Crippen LogP contribution in [0.1, 0.15) is 45.5 Å². The van der Waals surface area contributed by atoms with Gasteiger partial charge in [0.25, 0.3) is 5.91 Å². The monoisotopic (exact) mass is 259 g/mol. The summed E-state index contributed by atoms with van der Waals surface area (Å²) >= 11 is 0. The third kappa shape index (κ3) is 2.40. The first-order valence-electron chi connectivity index (χ1n) is 6.82. The van der Waals surface area contributed by atoms with Crippen LogP contribution in [-0.4, -0.2) is 30.9 Å². The summed E-state index contributed by atoms with van der Waals surface area (Å²) in [4.78, 5) is 24.1. The van der Waals surface area contributed by atoms with Gasteiger partial charge in [0.2, 0.25) is 0 Å². The summed E-state index contributed by atoms with van der Waals surface area (Å²) in [6.45, 7) is 1.33. The molecule has 1 aromatic carbocycles. The van der Waals surface area contributed by atoms with E-state index >= 15 is 0 Å². The average Bonchev–Trinajstić information content (AvgIpc) is 2.47. The Bertz CT molecular complexity index is 518. The Hall–Kier alpha value is -1.68. The van der Waals surface area contributed by atoms with E-state index in [1.165, 1.54) is 0 Å². The minimum Gasteiger partial charge on any atom is -0.370 e. The molecule has 1 saturated heterocycles. The molecule has 2 aliphatic rings. The Morgan fingerprint density at radius 2 is 2.21 bits per heavy atom. The Morgan fingerprint density at radius 3 is 3.00 bits per heavy atom. The van der Waals surface area contributed by atoms with Crippen molar-refractivity contribution in [3.8, 4) is 0 Å². The highest BCUT2D eigenvalue weighted by Crippen LogP contribution is 2.21. The maximum absolute atomic E-state index is 12.3. The van der Waals surface area contributed by atoms with Crippen LogP contribution in [0.4, 0.5) is 0 Å². The van der Waals surface area contributed by atoms with Crippen molar-refractivity contribution in [3.63, 3.8) is 0 Å². The van der Waals surface area contributed by atoms with Crippen LogP contribution in [0.3, 0.4) is 0 Å². The van der Waals surface area contributed by atoms with E-state index in [0.29, 0.717) is 24.3 Å². The van der Waals surface area contributed by atoms with Crippen LogP contribution in [0.25, 0.3) is 0 Å². The zero-order valence-corrected chi connectivity index (χ0v) is 10.8. The van der Waals surface area contributed by atoms with Crippen molar-refractivity contribution in [1.82, 2.24) is 5.32 Å². The van der Waals surface area contributed by atoms with E-state index in [1.807, 2.05) is 12.1 Å². The van der Waals surface area contributed by atoms with Gasteiger partial charge in [0.15, 0.2) is 5.78 Å². The van der Waals surface area contributed by atoms with Crippen molar-refractivity contribution >= 4 is 11.7 Å². The standard InChI is InChI=1S/C15H17NO3/c17-14(13-3-1-2-8-19-13)11-5-4-10-6-7-16-15(18)12(10)9-11/h4-5,9,13H,1-3,6-8H2,(H,16,18). The molecule has 1 atom stereocenters. The normalized spacial score (nSPS) is 22.5. The van der Waals surface area contributed by atoms with Crippen LogP contribution in [0.5, 0.6) is 0 Å². The summed E-state index contributed by atoms with van der Waals surface area (Å²) in [5.74, 6) is -0.0821. The number of carbonyl (C=O) groups excluding carboxylic acids is 2. The number of hydrogen-bond donors (Lipinski definition) is 1. The lowest BCUT2D eigenvalue weighted by molar-refractivity contribution is 0.0186. The molecule has 4 nitrogen and oxygen atoms in total. The number of benzene rings is 1. The molecule has 19 heavy (non-hydrogen) atoms. The Balaban J connectivity index is 1.86. The van der Waals surface area contributed by atoms with Gasteiger partial charge in [-0.05, 0) is 37.3 Å². The zero-order chi connectivity index (χ0) is 13.2. The SMILES string of the molecule is O=C1NCCc2ccc(C(=O)C3CCCCO3)cc21. The van der Waals surface area contributed by atoms with Gasteiger partial charge in [-0.1, -0.05) is 12.1 Å². The molecule has 1 N–H and O–H groups in total. The fourth-order valence-corrected chi connectivity index (χ4v) is 2.70. The van der Waals surface area contributed by atoms with Gasteiger partial charge >= 0.3 is 0 Å². The number of rotatable bonds is 2. The molecular formula is C15H17NO3. The molecule has 3 rings (SSSR count). The second-order valence-corrected chi connectivity index (χ2v) is 5.10. The molecule has 1 amide bonds. The Labute approximate surface area is 112 Å². The third-order valence-electron chi connectivity index (χ3n) is 3.79. The number of amides is 1. The molecule has 4 heteroatoms. The molecule has 1 fully saturated rings. The van der Waals surface area contributed by atoms with Crippen LogP contribution in [0.15, 0.2) is 18.2 Å². The van der Waals surface area contributed by atoms with E-state index in [9.17, 15) is 9.59 Å². The summed E-state index contributed by atoms with van der Waals surface area (Å²) in [6, 6.07) is 5.42. The first-order chi connectivity index (χ1) is 9.25. The van der Waals surface area contributed by atoms with Gasteiger partial charge in [-0.25, -0.2) is 0 Å². The first kappa shape index (κ1) is 12.4. The number of ketones is 1. The van der Waals surface area contributed by atoms with Crippen LogP contribution in [-0.2, 0) is 11.2 Å². The van der Waals surface area contributed by atoms with Gasteiger partial charge in [0.05, 0.1) is 0 Å². The second-order valence-electron chi connectivity index (χ2n) is 5.10. The van der Waals surface area contributed by atoms with Crippen molar-refractivity contribution in [2.24, 2.45) is 0 Å². The molecule has 2 aliphatic heterocycles. The van der Waals surface area contributed by atoms with Crippen molar-refractivity contribution in [3.05, 3.63) is 34.9 Å². The third-order valence-corrected chi connectivity index (χ3v) is 3.79. The molecule has 0 saturated carbocycles. The number of carbonyl (C=O) groups is 2. The molecule has 2 heterocycles. The second kappa shape index (κ2) is 5.13. The fraction of sp³-hybridized carbons (Fsp3) is 0.467. The smallest absolute Gasteiger partial charge is 0.251 e. The molecule has 0 radical (unpaired) electrons. The summed E-state index contributed by atoms with van der Waals surface area (Å²) < 4.78 is 5.51. The largest absolute Gasteiger partial charge is 0.370 e. The van der Waals surface area contributed by atoms with Crippen LogP contribution >= 0.6 is 0 Å². The number of Topliss-reactive ketones (excluding diaryl/α,β-unsaturated/α-hetero) is 1. The minimum atomic E-state index is -0.335. The highest BCUT2D eigenvalue weighted by atomic mass is 16.5. The summed E-state index contributed by atoms with van der Waals surface area (Å²) in [5, 5.41) is 2.80. The minimum absolute atomic E-state index is 0.000809. The summed E-state index contributed by atoms with van der Waals surface area (Å²) in [7, 11) is 0. The van der Waals surface area contributed by atoms with Crippen LogP contribution < -0.4 is 5.32 Å². The van der Waals surface area contributed by atoms with E-state index in [0.717, 1.165) is 31.2 Å². The molecule has 0 aromatic heterocycles. The summed E-state index contributed by atoms with van der Waals surface area (Å²) in [6.07, 6.45) is 3.33. The lowest BCUT2D eigenvalue weighted by atomic mass is 9.93. The van der Waals surface area contributed by atoms with Crippen LogP contribution in [0, 0.1) is 0 Å². The summed E-state index contributed by atoms with van der Waals surface area (Å²) in [5.41, 5.74) is 2.24. The van der Waals surface area contributed by atoms with Gasteiger partial charge in [0, 0.05) is 24.3 Å². The van der Waals surface area contributed by atoms with Crippen molar-refractivity contribution in [2.75, 3.05) is 13.2 Å². The van der Waals surface area contributed by atoms with E-state index in [4.69, 9.17) is 4.74 Å². The van der Waals surface area contributed by atoms with Crippen molar-refractivity contribution in [2.45, 2.75) is 31.8 Å². The molecule has 0 bridgehead atoms. The predicted molar refractivity (Wildman–Crippen MR) is 70.4 cm³/mol. The fourth-order valence-electron chi connectivity index (χ4n) is 2.70. The van der Waals surface area contributed by atoms with Gasteiger partial charge in [-0.3, -0.25) is 9.59 Å². The van der Waals surface area contributed by atoms with E-state index in [2.05, 4.69) is 5.32 Å². The topological polar surface area (TPSA) is 55.4 Å². The first-order valence-corrected chi connectivity index (χ1v) is 6.82. The Kier molecular flexibility index (Phi) is 3.34. The van der Waals surface area contributed by atoms with E-state index < -0.39 is 0 Å². The molecule has 100 valence electrons. The van der Waals surface area contributed by atoms with Gasteiger partial charge < -0.3 is 10.1 Å². The number of nitrogens with one attached hydrogen (secondary N) is 1. The zero-order valence-electron chi connectivity index (χ0n) is 10.8. The van der Waals surface area contributed by atoms with Crippen LogP contribution in [0.2, 0.25) is 0 Å². The number of ether oxygens (including phenoxy) is 1. The predicted octanol–water partition coefficient (Wildman–Crippen LogP) is 1.72. The lowest BCUT2D eigenvalue weighted by Gasteiger charge is -2.22. The Morgan fingerprint density at radius 1 is 1.32 bits per heavy atom. The van der Waals surface area contributed by atoms with E-state index in [-0.39, 0.29) is 17.8 Å². The highest BCUT2D eigenvalue weighted by Gasteiger charge is 2.25. The van der Waals surface area contributed by atoms with Gasteiger partial charge in [-0.15, -0.1) is 0 Å². The average molecular weight is 259 g/mol. The van der Waals surface area contributed by atoms with Crippen molar-refractivity contribution in [1.29, 1.82) is 0 Å². The molecule has 1 aromatic rings. The number of fused-ring (bicyclic) bond motifs is 1. The number of hydrogen-bond acceptors (Lipinski definition) is 3.